The number of aromatic amines is 1. The van der Waals surface area contributed by atoms with Gasteiger partial charge in [-0.05, 0) is 32.9 Å². The first-order valence-corrected chi connectivity index (χ1v) is 10.2. The average Bonchev–Trinajstić information content (AvgIpc) is 3.05. The fraction of sp³-hybridized carbons (Fsp3) is 0.227. The largest absolute Gasteiger partial charge is 0.692 e. The van der Waals surface area contributed by atoms with Crippen LogP contribution >= 0.6 is 8.25 Å². The number of H-pyrrole nitrogens is 1. The highest BCUT2D eigenvalue weighted by molar-refractivity contribution is 7.30. The summed E-state index contributed by atoms with van der Waals surface area (Å²) in [4.78, 5) is 17.7. The monoisotopic (exact) mass is 396 g/mol. The first kappa shape index (κ1) is 20.2. The zero-order valence-corrected chi connectivity index (χ0v) is 17.4. The maximum Gasteiger partial charge on any atom is 0.692 e. The van der Waals surface area contributed by atoms with E-state index in [0.29, 0.717) is 0 Å². The summed E-state index contributed by atoms with van der Waals surface area (Å²) in [7, 11) is -0.708. The van der Waals surface area contributed by atoms with Crippen LogP contribution in [0.1, 0.15) is 30.7 Å². The van der Waals surface area contributed by atoms with E-state index in [1.165, 1.54) is 39.1 Å². The van der Waals surface area contributed by atoms with Crippen LogP contribution in [0.25, 0.3) is 17.0 Å². The van der Waals surface area contributed by atoms with Crippen LogP contribution in [0.5, 0.6) is 0 Å². The minimum Gasteiger partial charge on any atom is -0.358 e. The summed E-state index contributed by atoms with van der Waals surface area (Å²) in [5, 5.41) is 1.28. The smallest absolute Gasteiger partial charge is 0.358 e. The number of allylic oxidation sites excluding steroid dienone is 1. The van der Waals surface area contributed by atoms with Crippen molar-refractivity contribution in [3.05, 3.63) is 71.4 Å². The molecule has 0 amide bonds. The zero-order chi connectivity index (χ0) is 20.5. The van der Waals surface area contributed by atoms with Gasteiger partial charge in [0, 0.05) is 44.4 Å². The first-order chi connectivity index (χ1) is 13.2. The lowest BCUT2D eigenvalue weighted by Crippen LogP contribution is -2.26. The number of nitrogens with one attached hydrogen (secondary N) is 1. The third-order valence-corrected chi connectivity index (χ3v) is 5.29. The second-order valence-electron chi connectivity index (χ2n) is 7.38. The highest BCUT2D eigenvalue weighted by Gasteiger charge is 2.42. The zero-order valence-electron chi connectivity index (χ0n) is 16.5. The Hall–Kier alpha value is -2.59. The van der Waals surface area contributed by atoms with E-state index in [2.05, 4.69) is 98.1 Å². The maximum atomic E-state index is 8.70. The number of rotatable bonds is 2. The topological polar surface area (TPSA) is 76.3 Å². The molecular weight excluding hydrogens is 371 g/mol. The van der Waals surface area contributed by atoms with Crippen molar-refractivity contribution in [2.75, 3.05) is 7.05 Å². The van der Waals surface area contributed by atoms with E-state index < -0.39 is 8.25 Å². The summed E-state index contributed by atoms with van der Waals surface area (Å²) in [5.74, 6) is 0. The lowest BCUT2D eigenvalue weighted by molar-refractivity contribution is -0.401. The van der Waals surface area contributed by atoms with Gasteiger partial charge in [-0.2, -0.15) is 4.58 Å². The molecule has 3 N–H and O–H groups in total. The Labute approximate surface area is 165 Å². The molecule has 6 heteroatoms. The maximum absolute atomic E-state index is 8.70. The molecule has 4 rings (SSSR count). The van der Waals surface area contributed by atoms with Crippen LogP contribution in [0.2, 0.25) is 0 Å². The quantitative estimate of drug-likeness (QED) is 0.429. The highest BCUT2D eigenvalue weighted by atomic mass is 31.1. The summed E-state index contributed by atoms with van der Waals surface area (Å²) >= 11 is 0. The lowest BCUT2D eigenvalue weighted by atomic mass is 9.81. The van der Waals surface area contributed by atoms with Gasteiger partial charge in [-0.25, -0.2) is 0 Å². The van der Waals surface area contributed by atoms with Crippen molar-refractivity contribution < 1.29 is 18.9 Å². The number of aryl methyl sites for hydroxylation is 1. The predicted molar refractivity (Wildman–Crippen MR) is 114 cm³/mol. The number of hydrogen-bond acceptors (Lipinski definition) is 1. The van der Waals surface area contributed by atoms with Crippen LogP contribution in [0, 0.1) is 6.92 Å². The second kappa shape index (κ2) is 7.80. The van der Waals surface area contributed by atoms with E-state index >= 15 is 0 Å². The average molecular weight is 396 g/mol. The van der Waals surface area contributed by atoms with E-state index in [1.54, 1.807) is 0 Å². The molecule has 0 aliphatic carbocycles. The standard InChI is InChI=1S/C22H22N2.HO3P/c1-15-16(17-9-5-7-11-19(17)23-15)13-14-21-22(2,3)18-10-6-8-12-20(18)24(21)4;1-4(2)3/h5-14H,1-4H3;(H-,1,2,3)/p+2. The fourth-order valence-corrected chi connectivity index (χ4v) is 3.98. The van der Waals surface area contributed by atoms with Crippen LogP contribution in [-0.2, 0) is 9.98 Å². The summed E-state index contributed by atoms with van der Waals surface area (Å²) < 4.78 is 11.0. The first-order valence-electron chi connectivity index (χ1n) is 9.04. The van der Waals surface area contributed by atoms with E-state index in [9.17, 15) is 0 Å². The molecule has 0 atom stereocenters. The number of nitrogens with zero attached hydrogens (tertiary/aromatic N) is 1. The van der Waals surface area contributed by atoms with E-state index in [1.807, 2.05) is 0 Å². The number of aromatic nitrogens is 1. The summed E-state index contributed by atoms with van der Waals surface area (Å²) in [6, 6.07) is 17.2. The molecule has 0 bridgehead atoms. The minimum atomic E-state index is -2.87. The van der Waals surface area contributed by atoms with Crippen LogP contribution < -0.4 is 0 Å². The molecule has 0 spiro atoms. The molecule has 28 heavy (non-hydrogen) atoms. The number of fused-ring (bicyclic) bond motifs is 2. The molecule has 1 aliphatic heterocycles. The molecule has 5 nitrogen and oxygen atoms in total. The molecule has 0 fully saturated rings. The number of benzene rings is 2. The van der Waals surface area contributed by atoms with E-state index in [-0.39, 0.29) is 5.41 Å². The summed E-state index contributed by atoms with van der Waals surface area (Å²) in [6.45, 7) is 6.75. The number of para-hydroxylation sites is 2. The molecule has 0 unspecified atom stereocenters. The molecule has 144 valence electrons. The van der Waals surface area contributed by atoms with Crippen molar-refractivity contribution in [2.24, 2.45) is 0 Å². The molecule has 1 aliphatic rings. The molecule has 1 aromatic heterocycles. The van der Waals surface area contributed by atoms with Crippen molar-refractivity contribution in [3.63, 3.8) is 0 Å². The van der Waals surface area contributed by atoms with E-state index in [0.717, 1.165) is 0 Å². The van der Waals surface area contributed by atoms with Crippen LogP contribution in [-0.4, -0.2) is 32.1 Å². The molecule has 3 aromatic rings. The summed E-state index contributed by atoms with van der Waals surface area (Å²) in [6.07, 6.45) is 4.54. The molecule has 0 saturated carbocycles. The van der Waals surface area contributed by atoms with Gasteiger partial charge in [-0.1, -0.05) is 36.4 Å². The molecule has 2 aromatic carbocycles. The van der Waals surface area contributed by atoms with Crippen molar-refractivity contribution >= 4 is 36.6 Å². The normalized spacial score (nSPS) is 14.9. The number of hydrogen-bond donors (Lipinski definition) is 3. The van der Waals surface area contributed by atoms with Crippen molar-refractivity contribution in [1.29, 1.82) is 0 Å². The van der Waals surface area contributed by atoms with Crippen molar-refractivity contribution in [3.8, 4) is 0 Å². The van der Waals surface area contributed by atoms with Gasteiger partial charge < -0.3 is 4.98 Å². The van der Waals surface area contributed by atoms with E-state index in [4.69, 9.17) is 14.4 Å². The van der Waals surface area contributed by atoms with Crippen LogP contribution in [0.3, 0.4) is 0 Å². The summed E-state index contributed by atoms with van der Waals surface area (Å²) in [5.41, 5.74) is 7.72. The van der Waals surface area contributed by atoms with Gasteiger partial charge in [0.1, 0.15) is 7.05 Å². The van der Waals surface area contributed by atoms with Crippen molar-refractivity contribution in [1.82, 2.24) is 4.98 Å². The Bertz CT molecular complexity index is 1110. The lowest BCUT2D eigenvalue weighted by Gasteiger charge is -2.15. The third kappa shape index (κ3) is 3.69. The van der Waals surface area contributed by atoms with Crippen LogP contribution in [0.4, 0.5) is 5.69 Å². The van der Waals surface area contributed by atoms with Gasteiger partial charge in [-0.3, -0.25) is 0 Å². The van der Waals surface area contributed by atoms with Gasteiger partial charge >= 0.3 is 8.25 Å². The second-order valence-corrected chi connectivity index (χ2v) is 7.89. The highest BCUT2D eigenvalue weighted by Crippen LogP contribution is 2.39. The molecule has 0 saturated heterocycles. The van der Waals surface area contributed by atoms with Gasteiger partial charge in [0.15, 0.2) is 5.71 Å². The SMILES string of the molecule is Cc1[nH]c2ccccc2c1C=CC1=[N+](C)c2ccccc2C1(C)C.O=[P+](O)O. The van der Waals surface area contributed by atoms with Gasteiger partial charge in [0.05, 0.1) is 5.41 Å². The Morgan fingerprint density at radius 2 is 1.64 bits per heavy atom. The predicted octanol–water partition coefficient (Wildman–Crippen LogP) is 4.82. The Morgan fingerprint density at radius 3 is 2.32 bits per heavy atom. The van der Waals surface area contributed by atoms with Gasteiger partial charge in [0.2, 0.25) is 5.69 Å². The van der Waals surface area contributed by atoms with Crippen LogP contribution in [0.15, 0.2) is 54.6 Å². The fourth-order valence-electron chi connectivity index (χ4n) is 3.98. The van der Waals surface area contributed by atoms with Gasteiger partial charge in [-0.15, -0.1) is 9.79 Å². The Balaban J connectivity index is 0.000000516. The van der Waals surface area contributed by atoms with Crippen molar-refractivity contribution in [2.45, 2.75) is 26.2 Å². The Kier molecular flexibility index (Phi) is 5.61. The molecule has 0 radical (unpaired) electrons. The minimum absolute atomic E-state index is 0.0157. The Morgan fingerprint density at radius 1 is 1.04 bits per heavy atom. The molecular formula is C22H25N2O3P+2. The molecule has 2 heterocycles. The third-order valence-electron chi connectivity index (χ3n) is 5.29. The van der Waals surface area contributed by atoms with Gasteiger partial charge in [0.25, 0.3) is 0 Å².